The van der Waals surface area contributed by atoms with Crippen LogP contribution in [-0.4, -0.2) is 61.1 Å². The number of rotatable bonds is 6. The quantitative estimate of drug-likeness (QED) is 0.763. The summed E-state index contributed by atoms with van der Waals surface area (Å²) < 4.78 is 5.20. The molecule has 2 aromatic rings. The summed E-state index contributed by atoms with van der Waals surface area (Å²) in [6.07, 6.45) is 3.28. The van der Waals surface area contributed by atoms with Crippen molar-refractivity contribution in [2.75, 3.05) is 43.7 Å². The number of pyridine rings is 1. The second-order valence-electron chi connectivity index (χ2n) is 7.36. The Labute approximate surface area is 169 Å². The molecule has 8 nitrogen and oxygen atoms in total. The number of piperidine rings is 1. The van der Waals surface area contributed by atoms with E-state index in [4.69, 9.17) is 4.74 Å². The Kier molecular flexibility index (Phi) is 5.84. The van der Waals surface area contributed by atoms with E-state index in [-0.39, 0.29) is 29.7 Å². The number of hydrazine groups is 1. The number of nitrogens with zero attached hydrogens (tertiary/aromatic N) is 3. The minimum Gasteiger partial charge on any atom is -0.383 e. The summed E-state index contributed by atoms with van der Waals surface area (Å²) in [6.45, 7) is 2.38. The number of carbonyl (C=O) groups excluding carboxylic acids is 2. The Hall–Kier alpha value is -2.81. The van der Waals surface area contributed by atoms with Crippen LogP contribution in [0.25, 0.3) is 0 Å². The SMILES string of the molecule is COCCN1CC(C(=O)Nc2cccnc2)C2NN(c3ccccc3)C(=O)C2C1. The molecule has 2 aliphatic rings. The molecule has 0 aliphatic carbocycles. The van der Waals surface area contributed by atoms with Crippen LogP contribution < -0.4 is 15.8 Å². The number of anilines is 2. The monoisotopic (exact) mass is 395 g/mol. The summed E-state index contributed by atoms with van der Waals surface area (Å²) >= 11 is 0. The van der Waals surface area contributed by atoms with E-state index < -0.39 is 0 Å². The summed E-state index contributed by atoms with van der Waals surface area (Å²) in [7, 11) is 1.65. The second-order valence-corrected chi connectivity index (χ2v) is 7.36. The van der Waals surface area contributed by atoms with Gasteiger partial charge >= 0.3 is 0 Å². The third-order valence-corrected chi connectivity index (χ3v) is 5.48. The van der Waals surface area contributed by atoms with Gasteiger partial charge < -0.3 is 10.1 Å². The predicted octanol–water partition coefficient (Wildman–Crippen LogP) is 1.13. The highest BCUT2D eigenvalue weighted by atomic mass is 16.5. The highest BCUT2D eigenvalue weighted by Crippen LogP contribution is 2.32. The second kappa shape index (κ2) is 8.69. The number of benzene rings is 1. The van der Waals surface area contributed by atoms with E-state index in [9.17, 15) is 9.59 Å². The van der Waals surface area contributed by atoms with E-state index in [1.165, 1.54) is 0 Å². The number of ether oxygens (including phenoxy) is 1. The molecule has 0 spiro atoms. The van der Waals surface area contributed by atoms with Gasteiger partial charge in [0.1, 0.15) is 0 Å². The van der Waals surface area contributed by atoms with Crippen molar-refractivity contribution >= 4 is 23.2 Å². The molecule has 1 aromatic heterocycles. The van der Waals surface area contributed by atoms with E-state index in [1.54, 1.807) is 36.6 Å². The molecule has 0 radical (unpaired) electrons. The molecule has 4 rings (SSSR count). The molecular weight excluding hydrogens is 370 g/mol. The first kappa shape index (κ1) is 19.5. The van der Waals surface area contributed by atoms with Gasteiger partial charge in [-0.05, 0) is 24.3 Å². The number of carbonyl (C=O) groups is 2. The Morgan fingerprint density at radius 1 is 1.24 bits per heavy atom. The van der Waals surface area contributed by atoms with Gasteiger partial charge in [0.15, 0.2) is 0 Å². The van der Waals surface area contributed by atoms with E-state index in [2.05, 4.69) is 20.6 Å². The fraction of sp³-hybridized carbons (Fsp3) is 0.381. The number of hydrogen-bond acceptors (Lipinski definition) is 6. The molecule has 2 N–H and O–H groups in total. The van der Waals surface area contributed by atoms with Crippen molar-refractivity contribution < 1.29 is 14.3 Å². The first-order valence-corrected chi connectivity index (χ1v) is 9.74. The maximum Gasteiger partial charge on any atom is 0.247 e. The van der Waals surface area contributed by atoms with Crippen LogP contribution in [-0.2, 0) is 14.3 Å². The molecule has 2 fully saturated rings. The largest absolute Gasteiger partial charge is 0.383 e. The van der Waals surface area contributed by atoms with Gasteiger partial charge in [0.05, 0.1) is 42.1 Å². The summed E-state index contributed by atoms with van der Waals surface area (Å²) in [5, 5.41) is 4.52. The first-order valence-electron chi connectivity index (χ1n) is 9.74. The lowest BCUT2D eigenvalue weighted by Gasteiger charge is -2.38. The van der Waals surface area contributed by atoms with Crippen LogP contribution in [0.3, 0.4) is 0 Å². The minimum atomic E-state index is -0.386. The van der Waals surface area contributed by atoms with Crippen LogP contribution in [0, 0.1) is 11.8 Å². The highest BCUT2D eigenvalue weighted by molar-refractivity contribution is 5.99. The Morgan fingerprint density at radius 3 is 2.79 bits per heavy atom. The lowest BCUT2D eigenvalue weighted by atomic mass is 9.84. The number of amides is 2. The molecule has 2 aliphatic heterocycles. The number of methoxy groups -OCH3 is 1. The van der Waals surface area contributed by atoms with E-state index in [0.29, 0.717) is 31.9 Å². The van der Waals surface area contributed by atoms with Gasteiger partial charge in [0.2, 0.25) is 11.8 Å². The van der Waals surface area contributed by atoms with Crippen LogP contribution in [0.5, 0.6) is 0 Å². The van der Waals surface area contributed by atoms with E-state index >= 15 is 0 Å². The third-order valence-electron chi connectivity index (χ3n) is 5.48. The first-order chi connectivity index (χ1) is 14.2. The zero-order chi connectivity index (χ0) is 20.2. The molecule has 0 bridgehead atoms. The van der Waals surface area contributed by atoms with Crippen LogP contribution in [0.2, 0.25) is 0 Å². The predicted molar refractivity (Wildman–Crippen MR) is 109 cm³/mol. The van der Waals surface area contributed by atoms with Gasteiger partial charge in [-0.3, -0.25) is 19.5 Å². The number of hydrogen-bond donors (Lipinski definition) is 2. The summed E-state index contributed by atoms with van der Waals surface area (Å²) in [5.41, 5.74) is 4.73. The summed E-state index contributed by atoms with van der Waals surface area (Å²) in [4.78, 5) is 32.4. The lowest BCUT2D eigenvalue weighted by molar-refractivity contribution is -0.126. The van der Waals surface area contributed by atoms with Gasteiger partial charge in [0, 0.05) is 32.9 Å². The molecule has 29 heavy (non-hydrogen) atoms. The molecule has 0 saturated carbocycles. The average Bonchev–Trinajstić information content (AvgIpc) is 3.09. The third kappa shape index (κ3) is 4.14. The fourth-order valence-electron chi connectivity index (χ4n) is 4.03. The van der Waals surface area contributed by atoms with Crippen molar-refractivity contribution in [2.24, 2.45) is 11.8 Å². The average molecular weight is 395 g/mol. The summed E-state index contributed by atoms with van der Waals surface area (Å²) in [6, 6.07) is 12.8. The van der Waals surface area contributed by atoms with Crippen molar-refractivity contribution in [3.8, 4) is 0 Å². The van der Waals surface area contributed by atoms with Gasteiger partial charge in [-0.1, -0.05) is 18.2 Å². The Morgan fingerprint density at radius 2 is 2.07 bits per heavy atom. The number of likely N-dealkylation sites (tertiary alicyclic amines) is 1. The zero-order valence-electron chi connectivity index (χ0n) is 16.3. The number of para-hydroxylation sites is 1. The summed E-state index contributed by atoms with van der Waals surface area (Å²) in [5.74, 6) is -0.818. The molecule has 3 heterocycles. The van der Waals surface area contributed by atoms with Crippen LogP contribution >= 0.6 is 0 Å². The van der Waals surface area contributed by atoms with Gasteiger partial charge in [-0.25, -0.2) is 10.4 Å². The van der Waals surface area contributed by atoms with Crippen molar-refractivity contribution in [3.05, 3.63) is 54.9 Å². The normalized spacial score (nSPS) is 24.4. The molecule has 152 valence electrons. The molecule has 2 amide bonds. The molecule has 8 heteroatoms. The standard InChI is InChI=1S/C21H25N5O3/c1-29-11-10-25-13-17(20(27)23-15-6-5-9-22-12-15)19-18(14-25)21(28)26(24-19)16-7-3-2-4-8-16/h2-9,12,17-19,24H,10-11,13-14H2,1H3,(H,23,27). The Balaban J connectivity index is 1.57. The number of fused-ring (bicyclic) bond motifs is 1. The van der Waals surface area contributed by atoms with Crippen molar-refractivity contribution in [1.29, 1.82) is 0 Å². The smallest absolute Gasteiger partial charge is 0.247 e. The minimum absolute atomic E-state index is 0.0116. The molecule has 1 aromatic carbocycles. The van der Waals surface area contributed by atoms with Crippen LogP contribution in [0.1, 0.15) is 0 Å². The topological polar surface area (TPSA) is 86.8 Å². The van der Waals surface area contributed by atoms with Gasteiger partial charge in [0.25, 0.3) is 0 Å². The van der Waals surface area contributed by atoms with Gasteiger partial charge in [-0.2, -0.15) is 0 Å². The van der Waals surface area contributed by atoms with Crippen molar-refractivity contribution in [3.63, 3.8) is 0 Å². The fourth-order valence-corrected chi connectivity index (χ4v) is 4.03. The zero-order valence-corrected chi connectivity index (χ0v) is 16.3. The van der Waals surface area contributed by atoms with Crippen LogP contribution in [0.4, 0.5) is 11.4 Å². The molecular formula is C21H25N5O3. The Bertz CT molecular complexity index is 848. The van der Waals surface area contributed by atoms with Crippen molar-refractivity contribution in [1.82, 2.24) is 15.3 Å². The highest BCUT2D eigenvalue weighted by Gasteiger charge is 2.50. The number of aromatic nitrogens is 1. The maximum absolute atomic E-state index is 13.1. The van der Waals surface area contributed by atoms with Gasteiger partial charge in [-0.15, -0.1) is 0 Å². The molecule has 3 unspecified atom stereocenters. The molecule has 2 saturated heterocycles. The lowest BCUT2D eigenvalue weighted by Crippen LogP contribution is -2.56. The van der Waals surface area contributed by atoms with Crippen LogP contribution in [0.15, 0.2) is 54.9 Å². The maximum atomic E-state index is 13.1. The van der Waals surface area contributed by atoms with E-state index in [1.807, 2.05) is 30.3 Å². The number of nitrogens with one attached hydrogen (secondary N) is 2. The van der Waals surface area contributed by atoms with E-state index in [0.717, 1.165) is 5.69 Å². The molecule has 3 atom stereocenters. The van der Waals surface area contributed by atoms with Crippen molar-refractivity contribution in [2.45, 2.75) is 6.04 Å².